The van der Waals surface area contributed by atoms with Gasteiger partial charge in [0.15, 0.2) is 11.5 Å². The van der Waals surface area contributed by atoms with Crippen molar-refractivity contribution in [1.29, 1.82) is 0 Å². The molecule has 0 amide bonds. The van der Waals surface area contributed by atoms with Gasteiger partial charge in [0.25, 0.3) is 5.89 Å². The molecular formula is C21H15FN2O3. The van der Waals surface area contributed by atoms with Crippen molar-refractivity contribution < 1.29 is 18.0 Å². The number of nitrogens with zero attached hydrogens (tertiary/aromatic N) is 2. The Bertz CT molecular complexity index is 1100. The molecule has 0 radical (unpaired) electrons. The quantitative estimate of drug-likeness (QED) is 0.474. The molecule has 2 heterocycles. The second-order valence-electron chi connectivity index (χ2n) is 6.17. The summed E-state index contributed by atoms with van der Waals surface area (Å²) in [6.45, 7) is 1.86. The molecular weight excluding hydrogens is 347 g/mol. The van der Waals surface area contributed by atoms with E-state index < -0.39 is 0 Å². The second kappa shape index (κ2) is 6.99. The molecule has 0 saturated carbocycles. The highest BCUT2D eigenvalue weighted by Crippen LogP contribution is 2.25. The van der Waals surface area contributed by atoms with Crippen molar-refractivity contribution in [2.45, 2.75) is 13.3 Å². The molecule has 0 atom stereocenters. The van der Waals surface area contributed by atoms with E-state index in [1.807, 2.05) is 6.92 Å². The predicted octanol–water partition coefficient (Wildman–Crippen LogP) is 4.87. The lowest BCUT2D eigenvalue weighted by Gasteiger charge is -2.05. The SMILES string of the molecule is Cc1ccc(F)c(CC(=O)c2cccc(-c3nnc(-c4ccco4)o3)c2)c1. The van der Waals surface area contributed by atoms with Gasteiger partial charge in [0.1, 0.15) is 5.82 Å². The Kier molecular flexibility index (Phi) is 4.38. The van der Waals surface area contributed by atoms with Crippen LogP contribution in [0.25, 0.3) is 23.1 Å². The van der Waals surface area contributed by atoms with Gasteiger partial charge in [0, 0.05) is 17.5 Å². The first kappa shape index (κ1) is 16.9. The predicted molar refractivity (Wildman–Crippen MR) is 96.6 cm³/mol. The van der Waals surface area contributed by atoms with Crippen molar-refractivity contribution in [3.63, 3.8) is 0 Å². The van der Waals surface area contributed by atoms with Crippen molar-refractivity contribution in [2.75, 3.05) is 0 Å². The van der Waals surface area contributed by atoms with Gasteiger partial charge in [-0.3, -0.25) is 4.79 Å². The summed E-state index contributed by atoms with van der Waals surface area (Å²) < 4.78 is 24.8. The Hall–Kier alpha value is -3.54. The third kappa shape index (κ3) is 3.55. The van der Waals surface area contributed by atoms with Crippen molar-refractivity contribution in [2.24, 2.45) is 0 Å². The van der Waals surface area contributed by atoms with E-state index in [1.54, 1.807) is 48.5 Å². The largest absolute Gasteiger partial charge is 0.459 e. The maximum Gasteiger partial charge on any atom is 0.283 e. The highest BCUT2D eigenvalue weighted by Gasteiger charge is 2.15. The Morgan fingerprint density at radius 3 is 2.70 bits per heavy atom. The van der Waals surface area contributed by atoms with E-state index in [0.717, 1.165) is 5.56 Å². The van der Waals surface area contributed by atoms with Gasteiger partial charge in [-0.15, -0.1) is 10.2 Å². The van der Waals surface area contributed by atoms with Crippen LogP contribution in [0.2, 0.25) is 0 Å². The molecule has 0 aliphatic carbocycles. The summed E-state index contributed by atoms with van der Waals surface area (Å²) in [4.78, 5) is 12.6. The summed E-state index contributed by atoms with van der Waals surface area (Å²) in [6.07, 6.45) is 1.50. The van der Waals surface area contributed by atoms with Crippen LogP contribution in [0.1, 0.15) is 21.5 Å². The normalized spacial score (nSPS) is 10.9. The van der Waals surface area contributed by atoms with Gasteiger partial charge in [-0.05, 0) is 42.8 Å². The van der Waals surface area contributed by atoms with Crippen LogP contribution < -0.4 is 0 Å². The minimum absolute atomic E-state index is 0.0154. The van der Waals surface area contributed by atoms with Crippen molar-refractivity contribution in [3.8, 4) is 23.1 Å². The Morgan fingerprint density at radius 1 is 1.04 bits per heavy atom. The van der Waals surface area contributed by atoms with Gasteiger partial charge >= 0.3 is 0 Å². The minimum atomic E-state index is -0.384. The van der Waals surface area contributed by atoms with Crippen LogP contribution in [0.4, 0.5) is 4.39 Å². The number of aromatic nitrogens is 2. The minimum Gasteiger partial charge on any atom is -0.459 e. The van der Waals surface area contributed by atoms with E-state index in [-0.39, 0.29) is 29.8 Å². The molecule has 2 aromatic heterocycles. The van der Waals surface area contributed by atoms with Crippen LogP contribution in [0.5, 0.6) is 0 Å². The number of carbonyl (C=O) groups is 1. The molecule has 0 bridgehead atoms. The first-order chi connectivity index (χ1) is 13.1. The summed E-state index contributed by atoms with van der Waals surface area (Å²) in [5.74, 6) is 0.430. The number of hydrogen-bond acceptors (Lipinski definition) is 5. The van der Waals surface area contributed by atoms with Crippen molar-refractivity contribution in [1.82, 2.24) is 10.2 Å². The molecule has 0 N–H and O–H groups in total. The summed E-state index contributed by atoms with van der Waals surface area (Å²) in [6, 6.07) is 15.0. The van der Waals surface area contributed by atoms with Crippen LogP contribution in [-0.2, 0) is 6.42 Å². The highest BCUT2D eigenvalue weighted by atomic mass is 19.1. The maximum atomic E-state index is 13.9. The fraction of sp³-hybridized carbons (Fsp3) is 0.0952. The van der Waals surface area contributed by atoms with Gasteiger partial charge in [0.2, 0.25) is 5.89 Å². The average molecular weight is 362 g/mol. The van der Waals surface area contributed by atoms with Crippen LogP contribution in [0, 0.1) is 12.7 Å². The smallest absolute Gasteiger partial charge is 0.283 e. The molecule has 4 rings (SSSR count). The highest BCUT2D eigenvalue weighted by molar-refractivity contribution is 5.98. The number of Topliss-reactive ketones (excluding diaryl/α,β-unsaturated/α-hetero) is 1. The van der Waals surface area contributed by atoms with Crippen LogP contribution in [0.3, 0.4) is 0 Å². The Balaban J connectivity index is 1.59. The molecule has 27 heavy (non-hydrogen) atoms. The average Bonchev–Trinajstić information content (AvgIpc) is 3.36. The number of rotatable bonds is 5. The van der Waals surface area contributed by atoms with E-state index in [4.69, 9.17) is 8.83 Å². The molecule has 0 saturated heterocycles. The Labute approximate surface area is 154 Å². The number of hydrogen-bond donors (Lipinski definition) is 0. The van der Waals surface area contributed by atoms with Gasteiger partial charge in [-0.2, -0.15) is 0 Å². The number of halogens is 1. The summed E-state index contributed by atoms with van der Waals surface area (Å²) in [5.41, 5.74) is 2.34. The van der Waals surface area contributed by atoms with Gasteiger partial charge in [-0.1, -0.05) is 29.8 Å². The summed E-state index contributed by atoms with van der Waals surface area (Å²) >= 11 is 0. The molecule has 5 nitrogen and oxygen atoms in total. The van der Waals surface area contributed by atoms with Gasteiger partial charge < -0.3 is 8.83 Å². The maximum absolute atomic E-state index is 13.9. The molecule has 6 heteroatoms. The van der Waals surface area contributed by atoms with E-state index >= 15 is 0 Å². The first-order valence-electron chi connectivity index (χ1n) is 8.36. The monoisotopic (exact) mass is 362 g/mol. The lowest BCUT2D eigenvalue weighted by Crippen LogP contribution is -2.05. The third-order valence-corrected chi connectivity index (χ3v) is 4.14. The van der Waals surface area contributed by atoms with E-state index in [0.29, 0.717) is 22.5 Å². The van der Waals surface area contributed by atoms with E-state index in [9.17, 15) is 9.18 Å². The number of furan rings is 1. The third-order valence-electron chi connectivity index (χ3n) is 4.14. The molecule has 0 unspecified atom stereocenters. The number of carbonyl (C=O) groups excluding carboxylic acids is 1. The Morgan fingerprint density at radius 2 is 1.89 bits per heavy atom. The molecule has 134 valence electrons. The van der Waals surface area contributed by atoms with Gasteiger partial charge in [-0.25, -0.2) is 4.39 Å². The summed E-state index contributed by atoms with van der Waals surface area (Å²) in [7, 11) is 0. The number of benzene rings is 2. The van der Waals surface area contributed by atoms with Crippen LogP contribution in [-0.4, -0.2) is 16.0 Å². The molecule has 4 aromatic rings. The zero-order valence-electron chi connectivity index (χ0n) is 14.5. The molecule has 2 aromatic carbocycles. The van der Waals surface area contributed by atoms with Crippen LogP contribution in [0.15, 0.2) is 69.7 Å². The lowest BCUT2D eigenvalue weighted by molar-refractivity contribution is 0.0992. The zero-order valence-corrected chi connectivity index (χ0v) is 14.5. The van der Waals surface area contributed by atoms with E-state index in [1.165, 1.54) is 12.3 Å². The summed E-state index contributed by atoms with van der Waals surface area (Å²) in [5, 5.41) is 7.96. The molecule has 0 spiro atoms. The second-order valence-corrected chi connectivity index (χ2v) is 6.17. The lowest BCUT2D eigenvalue weighted by atomic mass is 10.00. The fourth-order valence-electron chi connectivity index (χ4n) is 2.78. The number of aryl methyl sites for hydroxylation is 1. The van der Waals surface area contributed by atoms with Crippen molar-refractivity contribution in [3.05, 3.63) is 83.4 Å². The molecule has 0 aliphatic rings. The van der Waals surface area contributed by atoms with E-state index in [2.05, 4.69) is 10.2 Å². The van der Waals surface area contributed by atoms with Crippen molar-refractivity contribution >= 4 is 5.78 Å². The van der Waals surface area contributed by atoms with Gasteiger partial charge in [0.05, 0.1) is 6.26 Å². The first-order valence-corrected chi connectivity index (χ1v) is 8.36. The number of ketones is 1. The molecule has 0 fully saturated rings. The zero-order chi connectivity index (χ0) is 18.8. The van der Waals surface area contributed by atoms with Crippen LogP contribution >= 0.6 is 0 Å². The standard InChI is InChI=1S/C21H15FN2O3/c1-13-7-8-17(22)16(10-13)12-18(25)14-4-2-5-15(11-14)20-23-24-21(27-20)19-6-3-9-26-19/h2-11H,12H2,1H3. The molecule has 0 aliphatic heterocycles. The fourth-order valence-corrected chi connectivity index (χ4v) is 2.78. The topological polar surface area (TPSA) is 69.1 Å².